The first-order valence-corrected chi connectivity index (χ1v) is 8.44. The molecule has 1 aliphatic carbocycles. The zero-order chi connectivity index (χ0) is 16.8. The maximum absolute atomic E-state index is 12.3. The van der Waals surface area contributed by atoms with Crippen LogP contribution >= 0.6 is 0 Å². The zero-order valence-corrected chi connectivity index (χ0v) is 13.6. The van der Waals surface area contributed by atoms with Gasteiger partial charge in [0.2, 0.25) is 0 Å². The normalized spacial score (nSPS) is 20.4. The third kappa shape index (κ3) is 4.11. The topological polar surface area (TPSA) is 74.2 Å². The highest BCUT2D eigenvalue weighted by Crippen LogP contribution is 2.27. The van der Waals surface area contributed by atoms with E-state index in [1.54, 1.807) is 12.4 Å². The van der Waals surface area contributed by atoms with Crippen molar-refractivity contribution in [3.63, 3.8) is 0 Å². The fraction of sp³-hybridized carbons (Fsp3) is 0.368. The maximum atomic E-state index is 12.3. The molecule has 0 atom stereocenters. The van der Waals surface area contributed by atoms with E-state index in [1.807, 2.05) is 36.4 Å². The van der Waals surface area contributed by atoms with E-state index in [2.05, 4.69) is 15.6 Å². The van der Waals surface area contributed by atoms with Crippen molar-refractivity contribution >= 4 is 11.7 Å². The minimum atomic E-state index is -0.177. The number of aromatic nitrogens is 1. The molecule has 126 valence electrons. The Morgan fingerprint density at radius 3 is 2.50 bits per heavy atom. The summed E-state index contributed by atoms with van der Waals surface area (Å²) in [7, 11) is 0. The molecule has 0 bridgehead atoms. The summed E-state index contributed by atoms with van der Waals surface area (Å²) in [4.78, 5) is 16.4. The number of aliphatic hydroxyl groups is 1. The van der Waals surface area contributed by atoms with Gasteiger partial charge in [0.15, 0.2) is 0 Å². The van der Waals surface area contributed by atoms with Crippen molar-refractivity contribution in [2.45, 2.75) is 31.7 Å². The number of hydrogen-bond donors (Lipinski definition) is 3. The van der Waals surface area contributed by atoms with Crippen molar-refractivity contribution in [1.29, 1.82) is 0 Å². The van der Waals surface area contributed by atoms with Gasteiger partial charge in [-0.1, -0.05) is 18.2 Å². The van der Waals surface area contributed by atoms with E-state index >= 15 is 0 Å². The molecule has 1 fully saturated rings. The predicted octanol–water partition coefficient (Wildman–Crippen LogP) is 3.42. The quantitative estimate of drug-likeness (QED) is 0.806. The Labute approximate surface area is 142 Å². The van der Waals surface area contributed by atoms with Gasteiger partial charge in [-0.15, -0.1) is 0 Å². The van der Waals surface area contributed by atoms with Gasteiger partial charge in [0, 0.05) is 30.6 Å². The monoisotopic (exact) mass is 325 g/mol. The first-order valence-electron chi connectivity index (χ1n) is 8.44. The van der Waals surface area contributed by atoms with Gasteiger partial charge >= 0.3 is 6.03 Å². The van der Waals surface area contributed by atoms with Crippen molar-refractivity contribution in [3.8, 4) is 11.1 Å². The molecule has 0 radical (unpaired) electrons. The number of rotatable bonds is 4. The number of nitrogens with one attached hydrogen (secondary N) is 2. The molecule has 5 nitrogen and oxygen atoms in total. The lowest BCUT2D eigenvalue weighted by Gasteiger charge is -2.28. The summed E-state index contributed by atoms with van der Waals surface area (Å²) in [5.74, 6) is 0.388. The van der Waals surface area contributed by atoms with Gasteiger partial charge in [-0.05, 0) is 55.4 Å². The number of pyridine rings is 1. The van der Waals surface area contributed by atoms with E-state index in [0.29, 0.717) is 5.92 Å². The van der Waals surface area contributed by atoms with Crippen LogP contribution < -0.4 is 10.6 Å². The molecular weight excluding hydrogens is 302 g/mol. The van der Waals surface area contributed by atoms with Gasteiger partial charge in [0.1, 0.15) is 0 Å². The third-order valence-corrected chi connectivity index (χ3v) is 4.61. The van der Waals surface area contributed by atoms with Crippen molar-refractivity contribution < 1.29 is 9.90 Å². The van der Waals surface area contributed by atoms with Crippen LogP contribution in [-0.4, -0.2) is 28.8 Å². The second-order valence-electron chi connectivity index (χ2n) is 6.28. The van der Waals surface area contributed by atoms with Crippen LogP contribution in [0, 0.1) is 5.92 Å². The molecule has 1 heterocycles. The number of nitrogens with zero attached hydrogens (tertiary/aromatic N) is 1. The van der Waals surface area contributed by atoms with Crippen LogP contribution in [0.15, 0.2) is 48.8 Å². The second-order valence-corrected chi connectivity index (χ2v) is 6.28. The molecule has 24 heavy (non-hydrogen) atoms. The van der Waals surface area contributed by atoms with Crippen molar-refractivity contribution in [1.82, 2.24) is 10.3 Å². The number of carbonyl (C=O) groups excluding carboxylic acids is 1. The Balaban J connectivity index is 1.63. The number of benzene rings is 1. The van der Waals surface area contributed by atoms with E-state index in [-0.39, 0.29) is 18.7 Å². The number of carbonyl (C=O) groups is 1. The van der Waals surface area contributed by atoms with Gasteiger partial charge in [0.25, 0.3) is 0 Å². The largest absolute Gasteiger partial charge is 0.396 e. The van der Waals surface area contributed by atoms with Crippen LogP contribution in [0.5, 0.6) is 0 Å². The molecule has 3 N–H and O–H groups in total. The fourth-order valence-corrected chi connectivity index (χ4v) is 3.21. The van der Waals surface area contributed by atoms with E-state index in [9.17, 15) is 9.90 Å². The number of hydrogen-bond acceptors (Lipinski definition) is 3. The summed E-state index contributed by atoms with van der Waals surface area (Å²) in [6.45, 7) is 0.248. The minimum Gasteiger partial charge on any atom is -0.396 e. The minimum absolute atomic E-state index is 0.177. The zero-order valence-electron chi connectivity index (χ0n) is 13.6. The number of anilines is 1. The first kappa shape index (κ1) is 16.5. The van der Waals surface area contributed by atoms with Crippen molar-refractivity contribution in [2.24, 2.45) is 5.92 Å². The van der Waals surface area contributed by atoms with Crippen molar-refractivity contribution in [2.75, 3.05) is 11.9 Å². The molecule has 1 aliphatic rings. The summed E-state index contributed by atoms with van der Waals surface area (Å²) in [5.41, 5.74) is 2.77. The molecule has 2 aromatic rings. The molecule has 0 aliphatic heterocycles. The number of urea groups is 1. The molecule has 0 spiro atoms. The molecule has 5 heteroatoms. The molecule has 1 saturated carbocycles. The standard InChI is InChI=1S/C19H23N3O2/c23-13-14-5-7-16(8-6-14)21-19(24)22-18-4-2-1-3-17(18)15-9-11-20-12-10-15/h1-4,9-12,14,16,23H,5-8,13H2,(H2,21,22,24). The Morgan fingerprint density at radius 2 is 1.79 bits per heavy atom. The van der Waals surface area contributed by atoms with Crippen LogP contribution in [-0.2, 0) is 0 Å². The molecule has 0 unspecified atom stereocenters. The molecule has 3 rings (SSSR count). The number of para-hydroxylation sites is 1. The van der Waals surface area contributed by atoms with Gasteiger partial charge in [0.05, 0.1) is 5.69 Å². The number of amides is 2. The Hall–Kier alpha value is -2.40. The number of aliphatic hydroxyl groups excluding tert-OH is 1. The summed E-state index contributed by atoms with van der Waals surface area (Å²) in [6, 6.07) is 11.6. The van der Waals surface area contributed by atoms with E-state index in [0.717, 1.165) is 42.5 Å². The average molecular weight is 325 g/mol. The van der Waals surface area contributed by atoms with Gasteiger partial charge in [-0.3, -0.25) is 4.98 Å². The fourth-order valence-electron chi connectivity index (χ4n) is 3.21. The summed E-state index contributed by atoms with van der Waals surface area (Å²) < 4.78 is 0. The molecule has 1 aromatic carbocycles. The van der Waals surface area contributed by atoms with E-state index in [4.69, 9.17) is 0 Å². The predicted molar refractivity (Wildman–Crippen MR) is 94.7 cm³/mol. The second kappa shape index (κ2) is 7.93. The highest BCUT2D eigenvalue weighted by atomic mass is 16.3. The highest BCUT2D eigenvalue weighted by Gasteiger charge is 2.22. The molecular formula is C19H23N3O2. The lowest BCUT2D eigenvalue weighted by Crippen LogP contribution is -2.40. The summed E-state index contributed by atoms with van der Waals surface area (Å²) in [5, 5.41) is 15.2. The Morgan fingerprint density at radius 1 is 1.08 bits per heavy atom. The first-order chi connectivity index (χ1) is 11.8. The smallest absolute Gasteiger partial charge is 0.319 e. The molecule has 1 aromatic heterocycles. The highest BCUT2D eigenvalue weighted by molar-refractivity contribution is 5.94. The van der Waals surface area contributed by atoms with E-state index in [1.165, 1.54) is 0 Å². The third-order valence-electron chi connectivity index (χ3n) is 4.61. The van der Waals surface area contributed by atoms with Crippen LogP contribution in [0.3, 0.4) is 0 Å². The van der Waals surface area contributed by atoms with Crippen LogP contribution in [0.2, 0.25) is 0 Å². The summed E-state index contributed by atoms with van der Waals surface area (Å²) in [6.07, 6.45) is 7.26. The van der Waals surface area contributed by atoms with Crippen molar-refractivity contribution in [3.05, 3.63) is 48.8 Å². The maximum Gasteiger partial charge on any atom is 0.319 e. The Bertz CT molecular complexity index is 667. The summed E-state index contributed by atoms with van der Waals surface area (Å²) >= 11 is 0. The van der Waals surface area contributed by atoms with Crippen LogP contribution in [0.4, 0.5) is 10.5 Å². The van der Waals surface area contributed by atoms with Gasteiger partial charge in [-0.2, -0.15) is 0 Å². The lowest BCUT2D eigenvalue weighted by molar-refractivity contribution is 0.176. The van der Waals surface area contributed by atoms with Crippen LogP contribution in [0.25, 0.3) is 11.1 Å². The van der Waals surface area contributed by atoms with E-state index < -0.39 is 0 Å². The van der Waals surface area contributed by atoms with Gasteiger partial charge < -0.3 is 15.7 Å². The SMILES string of the molecule is O=C(Nc1ccccc1-c1ccncc1)NC1CCC(CO)CC1. The average Bonchev–Trinajstić information content (AvgIpc) is 2.63. The lowest BCUT2D eigenvalue weighted by atomic mass is 9.87. The van der Waals surface area contributed by atoms with Crippen LogP contribution in [0.1, 0.15) is 25.7 Å². The molecule has 2 amide bonds. The molecule has 0 saturated heterocycles. The Kier molecular flexibility index (Phi) is 5.43. The van der Waals surface area contributed by atoms with Gasteiger partial charge in [-0.25, -0.2) is 4.79 Å².